The van der Waals surface area contributed by atoms with Crippen LogP contribution in [0.2, 0.25) is 5.02 Å². The molecule has 16 heavy (non-hydrogen) atoms. The van der Waals surface area contributed by atoms with Crippen LogP contribution in [0, 0.1) is 0 Å². The van der Waals surface area contributed by atoms with Gasteiger partial charge in [-0.25, -0.2) is 0 Å². The molecule has 0 spiro atoms. The summed E-state index contributed by atoms with van der Waals surface area (Å²) in [5, 5.41) is 3.44. The molecule has 0 bridgehead atoms. The zero-order valence-corrected chi connectivity index (χ0v) is 10.8. The highest BCUT2D eigenvalue weighted by atomic mass is 35.5. The first kappa shape index (κ1) is 15.2. The molecule has 1 unspecified atom stereocenters. The van der Waals surface area contributed by atoms with Gasteiger partial charge in [0.1, 0.15) is 0 Å². The fourth-order valence-corrected chi connectivity index (χ4v) is 1.55. The number of nitrogens with two attached hydrogens (primary N) is 1. The molecule has 0 saturated heterocycles. The maximum Gasteiger partial charge on any atom is 0.237 e. The Bertz CT molecular complexity index is 356. The molecule has 90 valence electrons. The maximum absolute atomic E-state index is 11.4. The molecule has 0 aromatic heterocycles. The molecule has 0 radical (unpaired) electrons. The van der Waals surface area contributed by atoms with Gasteiger partial charge in [0.05, 0.1) is 12.1 Å². The summed E-state index contributed by atoms with van der Waals surface area (Å²) in [6.07, 6.45) is 0. The highest BCUT2D eigenvalue weighted by molar-refractivity contribution is 6.31. The molecule has 0 aliphatic heterocycles. The van der Waals surface area contributed by atoms with Gasteiger partial charge in [-0.05, 0) is 25.5 Å². The Morgan fingerprint density at radius 3 is 2.44 bits per heavy atom. The third kappa shape index (κ3) is 4.00. The minimum Gasteiger partial charge on any atom is -0.348 e. The van der Waals surface area contributed by atoms with E-state index in [0.29, 0.717) is 5.02 Å². The van der Waals surface area contributed by atoms with E-state index in [-0.39, 0.29) is 24.4 Å². The van der Waals surface area contributed by atoms with Crippen LogP contribution in [-0.4, -0.2) is 11.9 Å². The first-order chi connectivity index (χ1) is 7.02. The highest BCUT2D eigenvalue weighted by Gasteiger charge is 2.14. The van der Waals surface area contributed by atoms with E-state index in [1.807, 2.05) is 25.1 Å². The van der Waals surface area contributed by atoms with Crippen LogP contribution < -0.4 is 11.1 Å². The fourth-order valence-electron chi connectivity index (χ4n) is 1.25. The van der Waals surface area contributed by atoms with Crippen molar-refractivity contribution in [3.05, 3.63) is 34.9 Å². The van der Waals surface area contributed by atoms with Crippen molar-refractivity contribution in [2.24, 2.45) is 5.73 Å². The number of amides is 1. The van der Waals surface area contributed by atoms with E-state index in [4.69, 9.17) is 17.3 Å². The second-order valence-corrected chi connectivity index (χ2v) is 3.95. The molecule has 1 rings (SSSR count). The van der Waals surface area contributed by atoms with Crippen molar-refractivity contribution in [2.75, 3.05) is 0 Å². The Morgan fingerprint density at radius 2 is 1.94 bits per heavy atom. The first-order valence-corrected chi connectivity index (χ1v) is 5.20. The van der Waals surface area contributed by atoms with E-state index >= 15 is 0 Å². The molecule has 0 aliphatic rings. The van der Waals surface area contributed by atoms with Gasteiger partial charge in [0.15, 0.2) is 0 Å². The number of rotatable bonds is 3. The molecule has 3 N–H and O–H groups in total. The van der Waals surface area contributed by atoms with Crippen molar-refractivity contribution in [2.45, 2.75) is 25.9 Å². The van der Waals surface area contributed by atoms with Gasteiger partial charge >= 0.3 is 0 Å². The fraction of sp³-hybridized carbons (Fsp3) is 0.364. The molecule has 0 heterocycles. The summed E-state index contributed by atoms with van der Waals surface area (Å²) in [7, 11) is 0. The second kappa shape index (κ2) is 6.74. The third-order valence-corrected chi connectivity index (χ3v) is 2.49. The number of carbonyl (C=O) groups excluding carboxylic acids is 1. The summed E-state index contributed by atoms with van der Waals surface area (Å²) in [4.78, 5) is 11.4. The molecule has 0 aliphatic carbocycles. The minimum absolute atomic E-state index is 0. The van der Waals surface area contributed by atoms with Gasteiger partial charge in [-0.15, -0.1) is 12.4 Å². The van der Waals surface area contributed by atoms with E-state index in [2.05, 4.69) is 5.32 Å². The van der Waals surface area contributed by atoms with Gasteiger partial charge < -0.3 is 11.1 Å². The average Bonchev–Trinajstić information content (AvgIpc) is 2.18. The van der Waals surface area contributed by atoms with Crippen LogP contribution in [0.25, 0.3) is 0 Å². The predicted octanol–water partition coefficient (Wildman–Crippen LogP) is 2.29. The lowest BCUT2D eigenvalue weighted by Crippen LogP contribution is -2.39. The van der Waals surface area contributed by atoms with Gasteiger partial charge in [0, 0.05) is 5.02 Å². The van der Waals surface area contributed by atoms with E-state index in [9.17, 15) is 4.79 Å². The molecule has 1 aromatic rings. The number of nitrogens with one attached hydrogen (secondary N) is 1. The Morgan fingerprint density at radius 1 is 1.38 bits per heavy atom. The molecule has 1 amide bonds. The van der Waals surface area contributed by atoms with Gasteiger partial charge in [-0.3, -0.25) is 4.79 Å². The van der Waals surface area contributed by atoms with Crippen LogP contribution >= 0.6 is 24.0 Å². The summed E-state index contributed by atoms with van der Waals surface area (Å²) >= 11 is 6.00. The quantitative estimate of drug-likeness (QED) is 0.879. The topological polar surface area (TPSA) is 55.1 Å². The van der Waals surface area contributed by atoms with Crippen LogP contribution in [0.5, 0.6) is 0 Å². The Labute approximate surface area is 107 Å². The summed E-state index contributed by atoms with van der Waals surface area (Å²) < 4.78 is 0. The van der Waals surface area contributed by atoms with Gasteiger partial charge in [0.25, 0.3) is 0 Å². The Kier molecular flexibility index (Phi) is 6.41. The van der Waals surface area contributed by atoms with Crippen LogP contribution in [-0.2, 0) is 4.79 Å². The van der Waals surface area contributed by atoms with E-state index in [1.165, 1.54) is 0 Å². The van der Waals surface area contributed by atoms with Crippen molar-refractivity contribution in [1.29, 1.82) is 0 Å². The lowest BCUT2D eigenvalue weighted by Gasteiger charge is -2.16. The molecule has 0 saturated carbocycles. The van der Waals surface area contributed by atoms with Gasteiger partial charge in [-0.2, -0.15) is 0 Å². The van der Waals surface area contributed by atoms with Crippen LogP contribution in [0.3, 0.4) is 0 Å². The van der Waals surface area contributed by atoms with Crippen molar-refractivity contribution in [3.8, 4) is 0 Å². The highest BCUT2D eigenvalue weighted by Crippen LogP contribution is 2.21. The summed E-state index contributed by atoms with van der Waals surface area (Å²) in [6, 6.07) is 6.79. The van der Waals surface area contributed by atoms with Gasteiger partial charge in [-0.1, -0.05) is 29.8 Å². The number of benzene rings is 1. The molecule has 2 atom stereocenters. The molecular weight excluding hydrogens is 247 g/mol. The number of halogens is 2. The zero-order valence-electron chi connectivity index (χ0n) is 9.24. The van der Waals surface area contributed by atoms with Crippen molar-refractivity contribution >= 4 is 29.9 Å². The predicted molar refractivity (Wildman–Crippen MR) is 68.9 cm³/mol. The third-order valence-electron chi connectivity index (χ3n) is 2.14. The minimum atomic E-state index is -0.505. The van der Waals surface area contributed by atoms with Crippen molar-refractivity contribution < 1.29 is 4.79 Å². The molecule has 1 aromatic carbocycles. The maximum atomic E-state index is 11.4. The van der Waals surface area contributed by atoms with Crippen molar-refractivity contribution in [1.82, 2.24) is 5.32 Å². The average molecular weight is 263 g/mol. The normalized spacial score (nSPS) is 13.5. The summed E-state index contributed by atoms with van der Waals surface area (Å²) in [5.74, 6) is -0.178. The molecule has 0 fully saturated rings. The Balaban J connectivity index is 0.00000225. The number of carbonyl (C=O) groups is 1. The molecular formula is C11H16Cl2N2O. The lowest BCUT2D eigenvalue weighted by molar-refractivity contribution is -0.122. The van der Waals surface area contributed by atoms with Crippen LogP contribution in [0.4, 0.5) is 0 Å². The molecule has 5 heteroatoms. The SMILES string of the molecule is CC(NC(=O)[C@H](C)N)c1ccccc1Cl.Cl. The van der Waals surface area contributed by atoms with E-state index < -0.39 is 6.04 Å². The number of hydrogen-bond donors (Lipinski definition) is 2. The largest absolute Gasteiger partial charge is 0.348 e. The monoisotopic (exact) mass is 262 g/mol. The van der Waals surface area contributed by atoms with Crippen molar-refractivity contribution in [3.63, 3.8) is 0 Å². The van der Waals surface area contributed by atoms with Crippen LogP contribution in [0.1, 0.15) is 25.5 Å². The van der Waals surface area contributed by atoms with E-state index in [0.717, 1.165) is 5.56 Å². The smallest absolute Gasteiger partial charge is 0.237 e. The number of hydrogen-bond acceptors (Lipinski definition) is 2. The standard InChI is InChI=1S/C11H15ClN2O.ClH/c1-7(13)11(15)14-8(2)9-5-3-4-6-10(9)12;/h3-8H,13H2,1-2H3,(H,14,15);1H/t7-,8?;/m0./s1. The van der Waals surface area contributed by atoms with Gasteiger partial charge in [0.2, 0.25) is 5.91 Å². The summed E-state index contributed by atoms with van der Waals surface area (Å²) in [5.41, 5.74) is 6.35. The van der Waals surface area contributed by atoms with Crippen LogP contribution in [0.15, 0.2) is 24.3 Å². The molecule has 3 nitrogen and oxygen atoms in total. The first-order valence-electron chi connectivity index (χ1n) is 4.82. The summed E-state index contributed by atoms with van der Waals surface area (Å²) in [6.45, 7) is 3.52. The lowest BCUT2D eigenvalue weighted by atomic mass is 10.1. The second-order valence-electron chi connectivity index (χ2n) is 3.54. The van der Waals surface area contributed by atoms with E-state index in [1.54, 1.807) is 13.0 Å². The zero-order chi connectivity index (χ0) is 11.4. The Hall–Kier alpha value is -0.770.